The fraction of sp³-hybridized carbons (Fsp3) is 0.419. The van der Waals surface area contributed by atoms with E-state index in [9.17, 15) is 9.59 Å². The molecule has 1 aliphatic heterocycles. The molecule has 2 atom stereocenters. The number of nitrogens with zero attached hydrogens (tertiary/aromatic N) is 2. The SMILES string of the molecule is CC[C@H](C)N(CC(=O)N1CCc2sccc2[C@H]1COc1ccc(C(C)C)cc1)C(=O)c1ccccc1C. The first-order valence-corrected chi connectivity index (χ1v) is 14.1. The van der Waals surface area contributed by atoms with E-state index in [-0.39, 0.29) is 30.4 Å². The third-order valence-corrected chi connectivity index (χ3v) is 8.43. The van der Waals surface area contributed by atoms with E-state index >= 15 is 0 Å². The lowest BCUT2D eigenvalue weighted by molar-refractivity contribution is -0.136. The highest BCUT2D eigenvalue weighted by Gasteiger charge is 2.34. The maximum Gasteiger partial charge on any atom is 0.254 e. The molecule has 0 unspecified atom stereocenters. The minimum absolute atomic E-state index is 0.0390. The van der Waals surface area contributed by atoms with Crippen LogP contribution in [-0.4, -0.2) is 47.4 Å². The van der Waals surface area contributed by atoms with Gasteiger partial charge in [-0.1, -0.05) is 51.1 Å². The first-order valence-electron chi connectivity index (χ1n) is 13.2. The van der Waals surface area contributed by atoms with Crippen LogP contribution < -0.4 is 4.74 Å². The number of thiophene rings is 1. The van der Waals surface area contributed by atoms with Gasteiger partial charge in [0.25, 0.3) is 5.91 Å². The van der Waals surface area contributed by atoms with Crippen LogP contribution in [0.15, 0.2) is 60.0 Å². The zero-order valence-electron chi connectivity index (χ0n) is 22.6. The van der Waals surface area contributed by atoms with Crippen LogP contribution in [0.1, 0.15) is 78.0 Å². The minimum Gasteiger partial charge on any atom is -0.491 e. The van der Waals surface area contributed by atoms with E-state index in [1.54, 1.807) is 16.2 Å². The lowest BCUT2D eigenvalue weighted by Crippen LogP contribution is -2.50. The Balaban J connectivity index is 1.54. The second kappa shape index (κ2) is 12.0. The summed E-state index contributed by atoms with van der Waals surface area (Å²) in [7, 11) is 0. The van der Waals surface area contributed by atoms with E-state index in [2.05, 4.69) is 37.4 Å². The summed E-state index contributed by atoms with van der Waals surface area (Å²) in [6, 6.07) is 17.7. The Bertz CT molecular complexity index is 1220. The molecule has 0 saturated carbocycles. The number of hydrogen-bond donors (Lipinski definition) is 0. The summed E-state index contributed by atoms with van der Waals surface area (Å²) in [6.07, 6.45) is 1.60. The van der Waals surface area contributed by atoms with E-state index in [1.807, 2.05) is 62.1 Å². The van der Waals surface area contributed by atoms with Crippen LogP contribution in [0.25, 0.3) is 0 Å². The topological polar surface area (TPSA) is 49.9 Å². The molecular formula is C31H38N2O3S. The van der Waals surface area contributed by atoms with Crippen LogP contribution in [0.3, 0.4) is 0 Å². The second-order valence-corrected chi connectivity index (χ2v) is 11.2. The Morgan fingerprint density at radius 1 is 1.08 bits per heavy atom. The monoisotopic (exact) mass is 518 g/mol. The van der Waals surface area contributed by atoms with Crippen LogP contribution in [0.5, 0.6) is 5.75 Å². The Morgan fingerprint density at radius 2 is 1.81 bits per heavy atom. The highest BCUT2D eigenvalue weighted by atomic mass is 32.1. The second-order valence-electron chi connectivity index (χ2n) is 10.2. The number of aryl methyl sites for hydroxylation is 1. The molecule has 196 valence electrons. The molecule has 0 saturated heterocycles. The number of carbonyl (C=O) groups excluding carboxylic acids is 2. The molecular weight excluding hydrogens is 480 g/mol. The van der Waals surface area contributed by atoms with E-state index < -0.39 is 0 Å². The summed E-state index contributed by atoms with van der Waals surface area (Å²) in [5.74, 6) is 1.13. The van der Waals surface area contributed by atoms with Crippen molar-refractivity contribution in [1.29, 1.82) is 0 Å². The average molecular weight is 519 g/mol. The van der Waals surface area contributed by atoms with Gasteiger partial charge in [0.15, 0.2) is 0 Å². The predicted molar refractivity (Wildman–Crippen MR) is 150 cm³/mol. The molecule has 0 radical (unpaired) electrons. The number of benzene rings is 2. The summed E-state index contributed by atoms with van der Waals surface area (Å²) in [5, 5.41) is 2.09. The maximum absolute atomic E-state index is 13.8. The molecule has 2 amide bonds. The van der Waals surface area contributed by atoms with Crippen LogP contribution in [-0.2, 0) is 11.2 Å². The fourth-order valence-corrected chi connectivity index (χ4v) is 5.78. The first-order chi connectivity index (χ1) is 17.8. The van der Waals surface area contributed by atoms with Gasteiger partial charge in [-0.15, -0.1) is 11.3 Å². The number of ether oxygens (including phenoxy) is 1. The zero-order chi connectivity index (χ0) is 26.5. The van der Waals surface area contributed by atoms with Crippen LogP contribution in [0.4, 0.5) is 0 Å². The quantitative estimate of drug-likeness (QED) is 0.320. The van der Waals surface area contributed by atoms with Crippen LogP contribution in [0.2, 0.25) is 0 Å². The number of carbonyl (C=O) groups is 2. The van der Waals surface area contributed by atoms with Gasteiger partial charge in [0, 0.05) is 23.0 Å². The fourth-order valence-electron chi connectivity index (χ4n) is 4.85. The molecule has 6 heteroatoms. The van der Waals surface area contributed by atoms with Crippen LogP contribution in [0, 0.1) is 6.92 Å². The molecule has 2 heterocycles. The molecule has 2 aromatic carbocycles. The minimum atomic E-state index is -0.181. The van der Waals surface area contributed by atoms with E-state index in [1.165, 1.54) is 10.4 Å². The van der Waals surface area contributed by atoms with Crippen molar-refractivity contribution in [2.75, 3.05) is 19.7 Å². The van der Waals surface area contributed by atoms with Crippen molar-refractivity contribution >= 4 is 23.2 Å². The van der Waals surface area contributed by atoms with Gasteiger partial charge in [-0.3, -0.25) is 9.59 Å². The molecule has 0 N–H and O–H groups in total. The number of rotatable bonds is 9. The summed E-state index contributed by atoms with van der Waals surface area (Å²) < 4.78 is 6.22. The van der Waals surface area contributed by atoms with E-state index in [4.69, 9.17) is 4.74 Å². The molecule has 3 aromatic rings. The Hall–Kier alpha value is -3.12. The van der Waals surface area contributed by atoms with Crippen molar-refractivity contribution < 1.29 is 14.3 Å². The highest BCUT2D eigenvalue weighted by molar-refractivity contribution is 7.10. The number of hydrogen-bond acceptors (Lipinski definition) is 4. The maximum atomic E-state index is 13.8. The van der Waals surface area contributed by atoms with Gasteiger partial charge in [-0.2, -0.15) is 0 Å². The third kappa shape index (κ3) is 6.07. The van der Waals surface area contributed by atoms with E-state index in [0.29, 0.717) is 24.6 Å². The first kappa shape index (κ1) is 26.9. The lowest BCUT2D eigenvalue weighted by Gasteiger charge is -2.38. The largest absolute Gasteiger partial charge is 0.491 e. The Labute approximate surface area is 225 Å². The van der Waals surface area contributed by atoms with Gasteiger partial charge < -0.3 is 14.5 Å². The third-order valence-electron chi connectivity index (χ3n) is 7.43. The van der Waals surface area contributed by atoms with Gasteiger partial charge in [0.2, 0.25) is 5.91 Å². The summed E-state index contributed by atoms with van der Waals surface area (Å²) in [5.41, 5.74) is 4.00. The van der Waals surface area contributed by atoms with Crippen molar-refractivity contribution in [2.45, 2.75) is 65.5 Å². The molecule has 0 aliphatic carbocycles. The molecule has 0 spiro atoms. The number of fused-ring (bicyclic) bond motifs is 1. The normalized spacial score (nSPS) is 15.8. The van der Waals surface area contributed by atoms with Crippen molar-refractivity contribution in [1.82, 2.24) is 9.80 Å². The predicted octanol–water partition coefficient (Wildman–Crippen LogP) is 6.63. The summed E-state index contributed by atoms with van der Waals surface area (Å²) in [6.45, 7) is 11.4. The van der Waals surface area contributed by atoms with Gasteiger partial charge in [-0.25, -0.2) is 0 Å². The standard InChI is InChI=1S/C31H38N2O3S/c1-6-23(5)33(31(35)26-10-8-7-9-22(26)4)19-30(34)32-17-15-29-27(16-18-37-29)28(32)20-36-25-13-11-24(12-14-25)21(2)3/h7-14,16,18,21,23,28H,6,15,17,19-20H2,1-5H3/t23-,28+/m0/s1. The molecule has 37 heavy (non-hydrogen) atoms. The molecule has 4 rings (SSSR count). The summed E-state index contributed by atoms with van der Waals surface area (Å²) in [4.78, 5) is 32.3. The van der Waals surface area contributed by atoms with Gasteiger partial charge in [0.05, 0.1) is 6.04 Å². The zero-order valence-corrected chi connectivity index (χ0v) is 23.4. The van der Waals surface area contributed by atoms with Crippen molar-refractivity contribution in [3.63, 3.8) is 0 Å². The van der Waals surface area contributed by atoms with Gasteiger partial charge in [-0.05, 0) is 78.9 Å². The number of amides is 2. The van der Waals surface area contributed by atoms with Crippen molar-refractivity contribution in [3.8, 4) is 5.75 Å². The molecule has 0 bridgehead atoms. The average Bonchev–Trinajstić information content (AvgIpc) is 3.39. The molecule has 5 nitrogen and oxygen atoms in total. The Kier molecular flexibility index (Phi) is 8.70. The van der Waals surface area contributed by atoms with Gasteiger partial charge >= 0.3 is 0 Å². The Morgan fingerprint density at radius 3 is 2.49 bits per heavy atom. The summed E-state index contributed by atoms with van der Waals surface area (Å²) >= 11 is 1.74. The smallest absolute Gasteiger partial charge is 0.254 e. The van der Waals surface area contributed by atoms with E-state index in [0.717, 1.165) is 29.7 Å². The highest BCUT2D eigenvalue weighted by Crippen LogP contribution is 2.34. The van der Waals surface area contributed by atoms with Crippen molar-refractivity contribution in [2.24, 2.45) is 0 Å². The molecule has 0 fully saturated rings. The van der Waals surface area contributed by atoms with Crippen LogP contribution >= 0.6 is 11.3 Å². The molecule has 1 aromatic heterocycles. The molecule has 1 aliphatic rings. The lowest BCUT2D eigenvalue weighted by atomic mass is 10.00. The van der Waals surface area contributed by atoms with Crippen molar-refractivity contribution in [3.05, 3.63) is 87.1 Å². The van der Waals surface area contributed by atoms with Gasteiger partial charge in [0.1, 0.15) is 18.9 Å².